The smallest absolute Gasteiger partial charge is 0.261 e. The van der Waals surface area contributed by atoms with Gasteiger partial charge in [-0.15, -0.1) is 0 Å². The predicted molar refractivity (Wildman–Crippen MR) is 82.5 cm³/mol. The van der Waals surface area contributed by atoms with Gasteiger partial charge in [-0.05, 0) is 43.5 Å². The van der Waals surface area contributed by atoms with Crippen LogP contribution >= 0.6 is 0 Å². The number of benzene rings is 2. The molecule has 0 aliphatic rings. The van der Waals surface area contributed by atoms with Crippen LogP contribution in [-0.2, 0) is 16.4 Å². The highest BCUT2D eigenvalue weighted by Crippen LogP contribution is 2.24. The van der Waals surface area contributed by atoms with Gasteiger partial charge in [0.25, 0.3) is 10.0 Å². The van der Waals surface area contributed by atoms with Crippen molar-refractivity contribution in [3.63, 3.8) is 0 Å². The highest BCUT2D eigenvalue weighted by atomic mass is 32.2. The first-order chi connectivity index (χ1) is 9.44. The average Bonchev–Trinajstić information content (AvgIpc) is 2.41. The van der Waals surface area contributed by atoms with Crippen LogP contribution in [0.15, 0.2) is 47.4 Å². The summed E-state index contributed by atoms with van der Waals surface area (Å²) in [5.41, 5.74) is 3.66. The van der Waals surface area contributed by atoms with E-state index in [4.69, 9.17) is 0 Å². The molecule has 2 aromatic carbocycles. The van der Waals surface area contributed by atoms with E-state index >= 15 is 0 Å². The largest absolute Gasteiger partial charge is 0.279 e. The fourth-order valence-electron chi connectivity index (χ4n) is 2.08. The molecule has 106 valence electrons. The molecule has 2 aromatic rings. The number of sulfonamides is 1. The standard InChI is InChI=1S/C16H19NO2S/c1-4-14-7-5-6-13(3)16(14)17-20(18,19)15-10-8-12(2)9-11-15/h5-11,17H,4H2,1-3H3. The summed E-state index contributed by atoms with van der Waals surface area (Å²) in [6.07, 6.45) is 0.785. The molecule has 4 heteroatoms. The van der Waals surface area contributed by atoms with Crippen LogP contribution in [-0.4, -0.2) is 8.42 Å². The first kappa shape index (κ1) is 14.6. The lowest BCUT2D eigenvalue weighted by Crippen LogP contribution is -2.15. The molecule has 0 fully saturated rings. The van der Waals surface area contributed by atoms with Crippen LogP contribution in [0.25, 0.3) is 0 Å². The Morgan fingerprint density at radius 1 is 1.00 bits per heavy atom. The van der Waals surface area contributed by atoms with Crippen LogP contribution in [0, 0.1) is 13.8 Å². The molecule has 0 heterocycles. The molecular weight excluding hydrogens is 270 g/mol. The van der Waals surface area contributed by atoms with Crippen molar-refractivity contribution < 1.29 is 8.42 Å². The van der Waals surface area contributed by atoms with Crippen molar-refractivity contribution in [2.45, 2.75) is 32.1 Å². The van der Waals surface area contributed by atoms with E-state index in [1.54, 1.807) is 24.3 Å². The first-order valence-electron chi connectivity index (χ1n) is 6.62. The fraction of sp³-hybridized carbons (Fsp3) is 0.250. The summed E-state index contributed by atoms with van der Waals surface area (Å²) in [7, 11) is -3.54. The molecule has 0 atom stereocenters. The van der Waals surface area contributed by atoms with Crippen LogP contribution in [0.1, 0.15) is 23.6 Å². The minimum absolute atomic E-state index is 0.286. The minimum Gasteiger partial charge on any atom is -0.279 e. The van der Waals surface area contributed by atoms with Gasteiger partial charge < -0.3 is 0 Å². The Morgan fingerprint density at radius 3 is 2.25 bits per heavy atom. The van der Waals surface area contributed by atoms with Gasteiger partial charge in [-0.3, -0.25) is 4.72 Å². The summed E-state index contributed by atoms with van der Waals surface area (Å²) < 4.78 is 27.6. The van der Waals surface area contributed by atoms with Gasteiger partial charge in [0, 0.05) is 0 Å². The molecular formula is C16H19NO2S. The molecule has 0 amide bonds. The topological polar surface area (TPSA) is 46.2 Å². The summed E-state index contributed by atoms with van der Waals surface area (Å²) in [5.74, 6) is 0. The summed E-state index contributed by atoms with van der Waals surface area (Å²) >= 11 is 0. The quantitative estimate of drug-likeness (QED) is 0.933. The fourth-order valence-corrected chi connectivity index (χ4v) is 3.25. The van der Waals surface area contributed by atoms with E-state index in [1.807, 2.05) is 39.0 Å². The number of hydrogen-bond acceptors (Lipinski definition) is 2. The van der Waals surface area contributed by atoms with Crippen LogP contribution in [0.5, 0.6) is 0 Å². The lowest BCUT2D eigenvalue weighted by Gasteiger charge is -2.14. The summed E-state index contributed by atoms with van der Waals surface area (Å²) in [5, 5.41) is 0. The Hall–Kier alpha value is -1.81. The lowest BCUT2D eigenvalue weighted by atomic mass is 10.1. The third-order valence-corrected chi connectivity index (χ3v) is 4.67. The van der Waals surface area contributed by atoms with Crippen molar-refractivity contribution in [2.75, 3.05) is 4.72 Å². The highest BCUT2D eigenvalue weighted by Gasteiger charge is 2.16. The molecule has 0 radical (unpaired) electrons. The highest BCUT2D eigenvalue weighted by molar-refractivity contribution is 7.92. The number of hydrogen-bond donors (Lipinski definition) is 1. The minimum atomic E-state index is -3.54. The van der Waals surface area contributed by atoms with Crippen molar-refractivity contribution in [1.82, 2.24) is 0 Å². The Bertz CT molecular complexity index is 704. The second-order valence-electron chi connectivity index (χ2n) is 4.88. The van der Waals surface area contributed by atoms with Gasteiger partial charge in [-0.1, -0.05) is 42.8 Å². The molecule has 0 saturated heterocycles. The summed E-state index contributed by atoms with van der Waals surface area (Å²) in [6, 6.07) is 12.6. The van der Waals surface area contributed by atoms with E-state index in [-0.39, 0.29) is 4.90 Å². The molecule has 0 unspecified atom stereocenters. The van der Waals surface area contributed by atoms with Crippen molar-refractivity contribution in [1.29, 1.82) is 0 Å². The van der Waals surface area contributed by atoms with Crippen molar-refractivity contribution in [2.24, 2.45) is 0 Å². The Kier molecular flexibility index (Phi) is 4.14. The van der Waals surface area contributed by atoms with E-state index < -0.39 is 10.0 Å². The molecule has 0 aromatic heterocycles. The lowest BCUT2D eigenvalue weighted by molar-refractivity contribution is 0.601. The van der Waals surface area contributed by atoms with Crippen molar-refractivity contribution in [3.05, 3.63) is 59.2 Å². The average molecular weight is 289 g/mol. The maximum Gasteiger partial charge on any atom is 0.261 e. The maximum absolute atomic E-state index is 12.4. The van der Waals surface area contributed by atoms with Gasteiger partial charge in [0.1, 0.15) is 0 Å². The molecule has 0 spiro atoms. The normalized spacial score (nSPS) is 11.3. The predicted octanol–water partition coefficient (Wildman–Crippen LogP) is 3.67. The third-order valence-electron chi connectivity index (χ3n) is 3.31. The molecule has 0 aliphatic heterocycles. The SMILES string of the molecule is CCc1cccc(C)c1NS(=O)(=O)c1ccc(C)cc1. The van der Waals surface area contributed by atoms with Gasteiger partial charge in [-0.2, -0.15) is 0 Å². The van der Waals surface area contributed by atoms with Crippen molar-refractivity contribution >= 4 is 15.7 Å². The van der Waals surface area contributed by atoms with Crippen molar-refractivity contribution in [3.8, 4) is 0 Å². The van der Waals surface area contributed by atoms with Crippen LogP contribution < -0.4 is 4.72 Å². The Morgan fingerprint density at radius 2 is 1.65 bits per heavy atom. The van der Waals surface area contributed by atoms with E-state index in [1.165, 1.54) is 0 Å². The van der Waals surface area contributed by atoms with Gasteiger partial charge in [0.15, 0.2) is 0 Å². The van der Waals surface area contributed by atoms with Crippen LogP contribution in [0.3, 0.4) is 0 Å². The molecule has 2 rings (SSSR count). The number of para-hydroxylation sites is 1. The number of aryl methyl sites for hydroxylation is 3. The molecule has 1 N–H and O–H groups in total. The zero-order chi connectivity index (χ0) is 14.8. The van der Waals surface area contributed by atoms with E-state index in [0.29, 0.717) is 5.69 Å². The van der Waals surface area contributed by atoms with Gasteiger partial charge >= 0.3 is 0 Å². The van der Waals surface area contributed by atoms with E-state index in [2.05, 4.69) is 4.72 Å². The van der Waals surface area contributed by atoms with Gasteiger partial charge in [-0.25, -0.2) is 8.42 Å². The maximum atomic E-state index is 12.4. The van der Waals surface area contributed by atoms with Gasteiger partial charge in [0.2, 0.25) is 0 Å². The number of anilines is 1. The Balaban J connectivity index is 2.41. The first-order valence-corrected chi connectivity index (χ1v) is 8.10. The molecule has 0 saturated carbocycles. The Labute approximate surface area is 120 Å². The number of nitrogens with one attached hydrogen (secondary N) is 1. The summed E-state index contributed by atoms with van der Waals surface area (Å²) in [6.45, 7) is 5.85. The molecule has 3 nitrogen and oxygen atoms in total. The zero-order valence-electron chi connectivity index (χ0n) is 12.0. The molecule has 0 bridgehead atoms. The van der Waals surface area contributed by atoms with E-state index in [9.17, 15) is 8.42 Å². The third kappa shape index (κ3) is 3.02. The molecule has 20 heavy (non-hydrogen) atoms. The number of rotatable bonds is 4. The van der Waals surface area contributed by atoms with Crippen LogP contribution in [0.2, 0.25) is 0 Å². The van der Waals surface area contributed by atoms with E-state index in [0.717, 1.165) is 23.1 Å². The second-order valence-corrected chi connectivity index (χ2v) is 6.56. The zero-order valence-corrected chi connectivity index (χ0v) is 12.8. The van der Waals surface area contributed by atoms with Crippen LogP contribution in [0.4, 0.5) is 5.69 Å². The summed E-state index contributed by atoms with van der Waals surface area (Å²) in [4.78, 5) is 0.286. The molecule has 0 aliphatic carbocycles. The monoisotopic (exact) mass is 289 g/mol. The second kappa shape index (κ2) is 5.67. The van der Waals surface area contributed by atoms with Gasteiger partial charge in [0.05, 0.1) is 10.6 Å².